The molecule has 0 aliphatic carbocycles. The molecule has 0 radical (unpaired) electrons. The van der Waals surface area contributed by atoms with Crippen molar-refractivity contribution >= 4 is 0 Å². The van der Waals surface area contributed by atoms with Gasteiger partial charge in [0.25, 0.3) is 0 Å². The highest BCUT2D eigenvalue weighted by Gasteiger charge is 2.03. The molecule has 0 amide bonds. The van der Waals surface area contributed by atoms with E-state index in [-0.39, 0.29) is 18.0 Å². The van der Waals surface area contributed by atoms with Crippen LogP contribution >= 0.6 is 0 Å². The fraction of sp³-hybridized carbons (Fsp3) is 0.143. The van der Waals surface area contributed by atoms with Gasteiger partial charge in [-0.25, -0.2) is 0 Å². The van der Waals surface area contributed by atoms with Gasteiger partial charge in [-0.3, -0.25) is 0 Å². The normalized spacial score (nSPS) is 10.7. The Morgan fingerprint density at radius 2 is 2.08 bits per heavy atom. The second kappa shape index (κ2) is 3.56. The third-order valence-corrected chi connectivity index (χ3v) is 1.42. The van der Waals surface area contributed by atoms with E-state index in [2.05, 4.69) is 10.3 Å². The zero-order chi connectivity index (χ0) is 8.97. The van der Waals surface area contributed by atoms with Crippen LogP contribution in [0.2, 0.25) is 0 Å². The van der Waals surface area contributed by atoms with E-state index in [0.717, 1.165) is 0 Å². The van der Waals surface area contributed by atoms with Crippen molar-refractivity contribution in [1.82, 2.24) is 0 Å². The van der Waals surface area contributed by atoms with E-state index in [9.17, 15) is 5.11 Å². The molecule has 0 aliphatic rings. The highest BCUT2D eigenvalue weighted by molar-refractivity contribution is 5.44. The number of hydrogen-bond donors (Lipinski definition) is 3. The van der Waals surface area contributed by atoms with Gasteiger partial charge in [0.15, 0.2) is 11.5 Å². The maximum Gasteiger partial charge on any atom is 0.162 e. The molecule has 1 aromatic rings. The Labute approximate surface area is 69.1 Å². The summed E-state index contributed by atoms with van der Waals surface area (Å²) >= 11 is 0. The number of aromatic hydroxyl groups is 2. The van der Waals surface area contributed by atoms with Crippen LogP contribution in [-0.4, -0.2) is 10.2 Å². The van der Waals surface area contributed by atoms with Crippen LogP contribution in [0.5, 0.6) is 11.5 Å². The van der Waals surface area contributed by atoms with E-state index < -0.39 is 0 Å². The molecule has 4 N–H and O–H groups in total. The number of rotatable bonds is 2. The topological polar surface area (TPSA) is 91.2 Å². The third-order valence-electron chi connectivity index (χ3n) is 1.42. The number of phenols is 2. The van der Waals surface area contributed by atoms with E-state index in [4.69, 9.17) is 10.9 Å². The molecule has 0 saturated heterocycles. The van der Waals surface area contributed by atoms with Gasteiger partial charge in [0, 0.05) is 5.56 Å². The largest absolute Gasteiger partial charge is 0.504 e. The van der Waals surface area contributed by atoms with Crippen LogP contribution < -0.4 is 5.84 Å². The van der Waals surface area contributed by atoms with Crippen LogP contribution in [-0.2, 0) is 6.54 Å². The summed E-state index contributed by atoms with van der Waals surface area (Å²) in [6.45, 7) is 0.163. The lowest BCUT2D eigenvalue weighted by molar-refractivity contribution is 0.399. The summed E-state index contributed by atoms with van der Waals surface area (Å²) in [5, 5.41) is 24.8. The number of nitrogens with zero attached hydrogens (tertiary/aromatic N) is 2. The Morgan fingerprint density at radius 3 is 2.75 bits per heavy atom. The Kier molecular flexibility index (Phi) is 2.47. The summed E-state index contributed by atoms with van der Waals surface area (Å²) < 4.78 is 0. The van der Waals surface area contributed by atoms with Crippen molar-refractivity contribution < 1.29 is 10.2 Å². The molecule has 0 aliphatic heterocycles. The van der Waals surface area contributed by atoms with Crippen molar-refractivity contribution in [2.24, 2.45) is 16.2 Å². The SMILES string of the molecule is NN=NCc1cccc(O)c1O. The summed E-state index contributed by atoms with van der Waals surface area (Å²) in [6.07, 6.45) is 0. The zero-order valence-corrected chi connectivity index (χ0v) is 6.31. The van der Waals surface area contributed by atoms with Crippen molar-refractivity contribution in [2.45, 2.75) is 6.54 Å². The molecule has 64 valence electrons. The number of nitrogens with two attached hydrogens (primary N) is 1. The monoisotopic (exact) mass is 167 g/mol. The molecule has 0 saturated carbocycles. The minimum Gasteiger partial charge on any atom is -0.504 e. The molecule has 0 bridgehead atoms. The standard InChI is InChI=1S/C7H9N3O2/c8-10-9-4-5-2-1-3-6(11)7(5)12/h1-3,11-12H,4H2,(H2,8,9). The molecular formula is C7H9N3O2. The van der Waals surface area contributed by atoms with Crippen molar-refractivity contribution in [2.75, 3.05) is 0 Å². The first kappa shape index (κ1) is 8.32. The molecule has 1 aromatic carbocycles. The van der Waals surface area contributed by atoms with E-state index in [0.29, 0.717) is 5.56 Å². The van der Waals surface area contributed by atoms with E-state index >= 15 is 0 Å². The highest BCUT2D eigenvalue weighted by atomic mass is 16.3. The van der Waals surface area contributed by atoms with Crippen LogP contribution in [0, 0.1) is 0 Å². The summed E-state index contributed by atoms with van der Waals surface area (Å²) in [6, 6.07) is 4.62. The third kappa shape index (κ3) is 1.63. The van der Waals surface area contributed by atoms with Crippen LogP contribution in [0.15, 0.2) is 28.5 Å². The maximum atomic E-state index is 9.23. The first-order valence-electron chi connectivity index (χ1n) is 3.32. The summed E-state index contributed by atoms with van der Waals surface area (Å²) in [7, 11) is 0. The van der Waals surface area contributed by atoms with Gasteiger partial charge >= 0.3 is 0 Å². The molecule has 1 rings (SSSR count). The predicted octanol–water partition coefficient (Wildman–Crippen LogP) is 0.924. The van der Waals surface area contributed by atoms with Crippen LogP contribution in [0.1, 0.15) is 5.56 Å². The van der Waals surface area contributed by atoms with Crippen molar-refractivity contribution in [3.05, 3.63) is 23.8 Å². The predicted molar refractivity (Wildman–Crippen MR) is 42.5 cm³/mol. The minimum absolute atomic E-state index is 0.163. The summed E-state index contributed by atoms with van der Waals surface area (Å²) in [4.78, 5) is 0. The fourth-order valence-corrected chi connectivity index (χ4v) is 0.822. The first-order chi connectivity index (χ1) is 5.75. The number of benzene rings is 1. The van der Waals surface area contributed by atoms with E-state index in [1.807, 2.05) is 0 Å². The van der Waals surface area contributed by atoms with Gasteiger partial charge in [0.05, 0.1) is 6.54 Å². The molecule has 0 aromatic heterocycles. The Morgan fingerprint density at radius 1 is 1.33 bits per heavy atom. The maximum absolute atomic E-state index is 9.23. The Hall–Kier alpha value is -1.78. The molecule has 12 heavy (non-hydrogen) atoms. The van der Waals surface area contributed by atoms with Gasteiger partial charge in [0.2, 0.25) is 0 Å². The van der Waals surface area contributed by atoms with Crippen LogP contribution in [0.4, 0.5) is 0 Å². The molecule has 0 fully saturated rings. The lowest BCUT2D eigenvalue weighted by Gasteiger charge is -2.01. The number of hydrogen-bond acceptors (Lipinski definition) is 4. The van der Waals surface area contributed by atoms with Gasteiger partial charge in [-0.15, -0.1) is 0 Å². The van der Waals surface area contributed by atoms with Crippen molar-refractivity contribution in [3.63, 3.8) is 0 Å². The Bertz CT molecular complexity index is 299. The van der Waals surface area contributed by atoms with Gasteiger partial charge < -0.3 is 16.1 Å². The summed E-state index contributed by atoms with van der Waals surface area (Å²) in [5.41, 5.74) is 0.490. The zero-order valence-electron chi connectivity index (χ0n) is 6.31. The molecule has 5 nitrogen and oxygen atoms in total. The molecule has 0 atom stereocenters. The summed E-state index contributed by atoms with van der Waals surface area (Å²) in [5.74, 6) is 4.44. The average molecular weight is 167 g/mol. The average Bonchev–Trinajstić information content (AvgIpc) is 2.08. The number of phenolic OH excluding ortho intramolecular Hbond substituents is 2. The second-order valence-corrected chi connectivity index (χ2v) is 2.20. The smallest absolute Gasteiger partial charge is 0.162 e. The lowest BCUT2D eigenvalue weighted by Crippen LogP contribution is -1.84. The van der Waals surface area contributed by atoms with Gasteiger partial charge in [-0.2, -0.15) is 5.11 Å². The number of para-hydroxylation sites is 1. The minimum atomic E-state index is -0.176. The highest BCUT2D eigenvalue weighted by Crippen LogP contribution is 2.28. The fourth-order valence-electron chi connectivity index (χ4n) is 0.822. The van der Waals surface area contributed by atoms with Gasteiger partial charge in [-0.05, 0) is 6.07 Å². The lowest BCUT2D eigenvalue weighted by atomic mass is 10.2. The molecule has 5 heteroatoms. The molecule has 0 unspecified atom stereocenters. The second-order valence-electron chi connectivity index (χ2n) is 2.20. The van der Waals surface area contributed by atoms with E-state index in [1.54, 1.807) is 12.1 Å². The molecule has 0 spiro atoms. The molecule has 0 heterocycles. The van der Waals surface area contributed by atoms with Gasteiger partial charge in [0.1, 0.15) is 0 Å². The van der Waals surface area contributed by atoms with Crippen molar-refractivity contribution in [1.29, 1.82) is 0 Å². The Balaban J connectivity index is 2.92. The van der Waals surface area contributed by atoms with Crippen molar-refractivity contribution in [3.8, 4) is 11.5 Å². The van der Waals surface area contributed by atoms with E-state index in [1.165, 1.54) is 6.07 Å². The van der Waals surface area contributed by atoms with Gasteiger partial charge in [-0.1, -0.05) is 17.4 Å². The van der Waals surface area contributed by atoms with Crippen LogP contribution in [0.3, 0.4) is 0 Å². The first-order valence-corrected chi connectivity index (χ1v) is 3.32. The van der Waals surface area contributed by atoms with Crippen LogP contribution in [0.25, 0.3) is 0 Å². The quantitative estimate of drug-likeness (QED) is 0.265. The molecular weight excluding hydrogens is 158 g/mol.